The van der Waals surface area contributed by atoms with Crippen LogP contribution in [0.1, 0.15) is 77.0 Å². The second-order valence-corrected chi connectivity index (χ2v) is 12.1. The average Bonchev–Trinajstić information content (AvgIpc) is 3.11. The van der Waals surface area contributed by atoms with Crippen molar-refractivity contribution in [1.29, 1.82) is 0 Å². The highest BCUT2D eigenvalue weighted by Crippen LogP contribution is 2.11. The lowest BCUT2D eigenvalue weighted by atomic mass is 10.1. The third-order valence-electron chi connectivity index (χ3n) is 7.08. The van der Waals surface area contributed by atoms with Gasteiger partial charge in [-0.25, -0.2) is 4.79 Å². The Hall–Kier alpha value is -3.39. The van der Waals surface area contributed by atoms with Crippen molar-refractivity contribution in [3.8, 4) is 0 Å². The molecule has 300 valence electrons. The lowest BCUT2D eigenvalue weighted by molar-refractivity contribution is -0.142. The third kappa shape index (κ3) is 33.7. The standard InChI is InChI=1S/C33H58BrN5O13/c34-23-29(42)35-13-14-36-30(43)24-51-21-20-50-18-16-38-31(44)25-52-22-19-49-17-15-37-27(40)12-11-26(33(47)48)39-28(41)9-7-5-3-1-2-4-6-8-10-32(45)46/h26H,1-25H2,(H,35,42)(H,36,43)(H,37,40)(H,38,44)(H,39,41)(H,45,46)(H,47,48). The van der Waals surface area contributed by atoms with Crippen molar-refractivity contribution in [2.75, 3.05) is 84.4 Å². The van der Waals surface area contributed by atoms with Gasteiger partial charge in [-0.2, -0.15) is 0 Å². The Kier molecular flexibility index (Phi) is 32.4. The van der Waals surface area contributed by atoms with Crippen LogP contribution in [0.5, 0.6) is 0 Å². The number of rotatable bonds is 36. The molecule has 0 saturated heterocycles. The van der Waals surface area contributed by atoms with E-state index in [4.69, 9.17) is 24.1 Å². The molecule has 0 spiro atoms. The molecule has 52 heavy (non-hydrogen) atoms. The number of ether oxygens (including phenoxy) is 4. The van der Waals surface area contributed by atoms with Crippen LogP contribution in [0.15, 0.2) is 0 Å². The summed E-state index contributed by atoms with van der Waals surface area (Å²) in [7, 11) is 0. The molecule has 0 aromatic heterocycles. The van der Waals surface area contributed by atoms with Gasteiger partial charge < -0.3 is 55.7 Å². The molecule has 19 heteroatoms. The SMILES string of the molecule is O=C(O)CCCCCCCCCCC(=O)NC(CCC(=O)NCCOCCOCC(=O)NCCOCCOCC(=O)NCCNC(=O)CBr)C(=O)O. The largest absolute Gasteiger partial charge is 0.481 e. The molecule has 0 aliphatic heterocycles. The van der Waals surface area contributed by atoms with Gasteiger partial charge in [-0.15, -0.1) is 0 Å². The van der Waals surface area contributed by atoms with Crippen LogP contribution in [0, 0.1) is 0 Å². The Morgan fingerprint density at radius 1 is 0.481 bits per heavy atom. The van der Waals surface area contributed by atoms with E-state index in [2.05, 4.69) is 42.5 Å². The van der Waals surface area contributed by atoms with E-state index < -0.39 is 18.0 Å². The van der Waals surface area contributed by atoms with E-state index in [1.165, 1.54) is 0 Å². The van der Waals surface area contributed by atoms with E-state index in [-0.39, 0.29) is 126 Å². The van der Waals surface area contributed by atoms with Gasteiger partial charge in [-0.05, 0) is 19.3 Å². The Morgan fingerprint density at radius 2 is 0.923 bits per heavy atom. The number of nitrogens with one attached hydrogen (secondary N) is 5. The smallest absolute Gasteiger partial charge is 0.326 e. The van der Waals surface area contributed by atoms with Crippen LogP contribution >= 0.6 is 15.9 Å². The van der Waals surface area contributed by atoms with E-state index in [1.54, 1.807) is 0 Å². The fraction of sp³-hybridized carbons (Fsp3) is 0.788. The normalized spacial score (nSPS) is 11.3. The highest BCUT2D eigenvalue weighted by molar-refractivity contribution is 9.09. The Balaban J connectivity index is 3.67. The Morgan fingerprint density at radius 3 is 1.42 bits per heavy atom. The number of carboxylic acid groups (broad SMARTS) is 2. The molecule has 0 saturated carbocycles. The second-order valence-electron chi connectivity index (χ2n) is 11.6. The van der Waals surface area contributed by atoms with Crippen molar-refractivity contribution >= 4 is 57.4 Å². The fourth-order valence-corrected chi connectivity index (χ4v) is 4.56. The van der Waals surface area contributed by atoms with Crippen LogP contribution in [-0.4, -0.2) is 142 Å². The molecule has 7 N–H and O–H groups in total. The summed E-state index contributed by atoms with van der Waals surface area (Å²) in [5.74, 6) is -3.52. The number of carbonyl (C=O) groups excluding carboxylic acids is 5. The monoisotopic (exact) mass is 811 g/mol. The van der Waals surface area contributed by atoms with Crippen LogP contribution < -0.4 is 26.6 Å². The number of hydrogen-bond acceptors (Lipinski definition) is 11. The van der Waals surface area contributed by atoms with Crippen molar-refractivity contribution in [2.45, 2.75) is 83.1 Å². The molecular formula is C33H58BrN5O13. The van der Waals surface area contributed by atoms with Crippen LogP contribution in [0.3, 0.4) is 0 Å². The molecule has 18 nitrogen and oxygen atoms in total. The summed E-state index contributed by atoms with van der Waals surface area (Å²) in [6, 6.07) is -1.16. The van der Waals surface area contributed by atoms with Crippen LogP contribution in [0.4, 0.5) is 0 Å². The number of unbranched alkanes of at least 4 members (excludes halogenated alkanes) is 7. The quantitative estimate of drug-likeness (QED) is 0.0331. The Bertz CT molecular complexity index is 1040. The van der Waals surface area contributed by atoms with Gasteiger partial charge in [0, 0.05) is 45.4 Å². The molecule has 5 amide bonds. The zero-order chi connectivity index (χ0) is 38.7. The van der Waals surface area contributed by atoms with Gasteiger partial charge in [0.1, 0.15) is 19.3 Å². The molecule has 0 fully saturated rings. The molecule has 0 bridgehead atoms. The summed E-state index contributed by atoms with van der Waals surface area (Å²) in [4.78, 5) is 80.8. The van der Waals surface area contributed by atoms with Crippen molar-refractivity contribution in [1.82, 2.24) is 26.6 Å². The van der Waals surface area contributed by atoms with Gasteiger partial charge in [0.15, 0.2) is 0 Å². The number of halogens is 1. The first-order valence-electron chi connectivity index (χ1n) is 17.7. The summed E-state index contributed by atoms with van der Waals surface area (Å²) < 4.78 is 21.1. The first-order valence-corrected chi connectivity index (χ1v) is 18.8. The van der Waals surface area contributed by atoms with E-state index in [0.717, 1.165) is 38.5 Å². The van der Waals surface area contributed by atoms with Gasteiger partial charge in [0.05, 0.1) is 45.0 Å². The van der Waals surface area contributed by atoms with E-state index >= 15 is 0 Å². The van der Waals surface area contributed by atoms with Gasteiger partial charge in [0.2, 0.25) is 29.5 Å². The summed E-state index contributed by atoms with van der Waals surface area (Å²) >= 11 is 3.02. The molecule has 0 aromatic carbocycles. The molecule has 0 radical (unpaired) electrons. The lowest BCUT2D eigenvalue weighted by Gasteiger charge is -2.14. The first-order chi connectivity index (χ1) is 25.0. The molecule has 0 aliphatic rings. The molecule has 1 atom stereocenters. The minimum atomic E-state index is -1.21. The first kappa shape index (κ1) is 48.6. The zero-order valence-electron chi connectivity index (χ0n) is 30.0. The topological polar surface area (TPSA) is 257 Å². The van der Waals surface area contributed by atoms with Gasteiger partial charge >= 0.3 is 11.9 Å². The maximum Gasteiger partial charge on any atom is 0.326 e. The Labute approximate surface area is 313 Å². The van der Waals surface area contributed by atoms with Crippen molar-refractivity contribution in [3.63, 3.8) is 0 Å². The predicted molar refractivity (Wildman–Crippen MR) is 192 cm³/mol. The number of carboxylic acids is 2. The summed E-state index contributed by atoms with van der Waals surface area (Å²) in [6.45, 7) is 2.00. The lowest BCUT2D eigenvalue weighted by Crippen LogP contribution is -2.41. The van der Waals surface area contributed by atoms with Crippen molar-refractivity contribution < 1.29 is 62.7 Å². The molecule has 0 aromatic rings. The van der Waals surface area contributed by atoms with Crippen LogP contribution in [-0.2, 0) is 52.5 Å². The highest BCUT2D eigenvalue weighted by Gasteiger charge is 2.20. The zero-order valence-corrected chi connectivity index (χ0v) is 31.6. The highest BCUT2D eigenvalue weighted by atomic mass is 79.9. The average molecular weight is 813 g/mol. The molecule has 0 rings (SSSR count). The third-order valence-corrected chi connectivity index (χ3v) is 7.59. The molecular weight excluding hydrogens is 754 g/mol. The number of alkyl halides is 1. The second kappa shape index (κ2) is 34.7. The molecule has 0 aliphatic carbocycles. The number of aliphatic carboxylic acids is 2. The predicted octanol–water partition coefficient (Wildman–Crippen LogP) is 0.248. The van der Waals surface area contributed by atoms with Crippen LogP contribution in [0.2, 0.25) is 0 Å². The van der Waals surface area contributed by atoms with Crippen LogP contribution in [0.25, 0.3) is 0 Å². The number of amides is 5. The minimum Gasteiger partial charge on any atom is -0.481 e. The fourth-order valence-electron chi connectivity index (χ4n) is 4.36. The summed E-state index contributed by atoms with van der Waals surface area (Å²) in [6.07, 6.45) is 7.31. The van der Waals surface area contributed by atoms with Gasteiger partial charge in [-0.1, -0.05) is 54.5 Å². The summed E-state index contributed by atoms with van der Waals surface area (Å²) in [5.41, 5.74) is 0. The maximum absolute atomic E-state index is 12.2. The van der Waals surface area contributed by atoms with E-state index in [0.29, 0.717) is 25.9 Å². The number of hydrogen-bond donors (Lipinski definition) is 7. The van der Waals surface area contributed by atoms with E-state index in [9.17, 15) is 38.7 Å². The van der Waals surface area contributed by atoms with Crippen molar-refractivity contribution in [3.05, 3.63) is 0 Å². The molecule has 0 heterocycles. The summed E-state index contributed by atoms with van der Waals surface area (Å²) in [5, 5.41) is 31.2. The van der Waals surface area contributed by atoms with Gasteiger partial charge in [0.25, 0.3) is 0 Å². The maximum atomic E-state index is 12.2. The van der Waals surface area contributed by atoms with Crippen molar-refractivity contribution in [2.24, 2.45) is 0 Å². The van der Waals surface area contributed by atoms with E-state index in [1.807, 2.05) is 0 Å². The molecule has 1 unspecified atom stereocenters. The number of carbonyl (C=O) groups is 7. The van der Waals surface area contributed by atoms with Gasteiger partial charge in [-0.3, -0.25) is 28.8 Å². The minimum absolute atomic E-state index is 0.0465.